The third-order valence-electron chi connectivity index (χ3n) is 1.85. The van der Waals surface area contributed by atoms with Crippen molar-refractivity contribution in [1.29, 1.82) is 5.26 Å². The summed E-state index contributed by atoms with van der Waals surface area (Å²) in [5.74, 6) is -0.199. The van der Waals surface area contributed by atoms with Gasteiger partial charge < -0.3 is 5.32 Å². The number of aromatic nitrogens is 1. The molecule has 7 heteroatoms. The molecule has 1 atom stereocenters. The highest BCUT2D eigenvalue weighted by molar-refractivity contribution is 7.09. The Hall–Kier alpha value is -0.830. The minimum absolute atomic E-state index is 0.108. The van der Waals surface area contributed by atoms with Crippen LogP contribution in [0.2, 0.25) is 10.2 Å². The van der Waals surface area contributed by atoms with E-state index in [1.165, 1.54) is 0 Å². The van der Waals surface area contributed by atoms with Crippen LogP contribution in [0.25, 0.3) is 0 Å². The van der Waals surface area contributed by atoms with E-state index in [2.05, 4.69) is 9.69 Å². The van der Waals surface area contributed by atoms with Gasteiger partial charge in [0.15, 0.2) is 5.15 Å². The quantitative estimate of drug-likeness (QED) is 0.920. The molecule has 1 amide bonds. The zero-order valence-corrected chi connectivity index (χ0v) is 10.8. The average Bonchev–Trinajstić information content (AvgIpc) is 2.57. The van der Waals surface area contributed by atoms with E-state index in [1.54, 1.807) is 0 Å². The van der Waals surface area contributed by atoms with Crippen LogP contribution in [0.1, 0.15) is 23.0 Å². The Labute approximate surface area is 107 Å². The monoisotopic (exact) mass is 277 g/mol. The van der Waals surface area contributed by atoms with Gasteiger partial charge in [0.25, 0.3) is 5.91 Å². The summed E-state index contributed by atoms with van der Waals surface area (Å²) in [7, 11) is 0. The predicted octanol–water partition coefficient (Wildman–Crippen LogP) is 2.73. The van der Waals surface area contributed by atoms with Crippen LogP contribution in [0.15, 0.2) is 0 Å². The van der Waals surface area contributed by atoms with Crippen LogP contribution in [0, 0.1) is 17.2 Å². The van der Waals surface area contributed by atoms with Crippen molar-refractivity contribution in [2.24, 2.45) is 5.92 Å². The van der Waals surface area contributed by atoms with E-state index in [0.717, 1.165) is 11.5 Å². The molecule has 0 spiro atoms. The molecule has 1 unspecified atom stereocenters. The van der Waals surface area contributed by atoms with Crippen molar-refractivity contribution in [2.75, 3.05) is 6.54 Å². The second kappa shape index (κ2) is 6.04. The Balaban J connectivity index is 2.54. The van der Waals surface area contributed by atoms with Gasteiger partial charge >= 0.3 is 0 Å². The molecule has 16 heavy (non-hydrogen) atoms. The zero-order chi connectivity index (χ0) is 12.1. The van der Waals surface area contributed by atoms with Crippen LogP contribution >= 0.6 is 34.7 Å². The van der Waals surface area contributed by atoms with Crippen molar-refractivity contribution in [1.82, 2.24) is 9.69 Å². The van der Waals surface area contributed by atoms with Crippen molar-refractivity contribution in [3.63, 3.8) is 0 Å². The van der Waals surface area contributed by atoms with Crippen LogP contribution in [0.5, 0.6) is 0 Å². The largest absolute Gasteiger partial charge is 0.351 e. The first kappa shape index (κ1) is 13.2. The standard InChI is InChI=1S/C9H9Cl2N3OS/c1-5(2-3-12)4-13-9(15)7-6(10)8(11)14-16-7/h5H,2,4H2,1H3,(H,13,15). The molecule has 0 bridgehead atoms. The maximum Gasteiger partial charge on any atom is 0.264 e. The molecule has 1 rings (SSSR count). The number of nitriles is 1. The number of hydrogen-bond donors (Lipinski definition) is 1. The molecule has 0 saturated carbocycles. The van der Waals surface area contributed by atoms with Crippen molar-refractivity contribution >= 4 is 40.6 Å². The van der Waals surface area contributed by atoms with Gasteiger partial charge in [-0.05, 0) is 17.5 Å². The molecule has 0 aliphatic heterocycles. The van der Waals surface area contributed by atoms with E-state index < -0.39 is 0 Å². The van der Waals surface area contributed by atoms with Crippen LogP contribution < -0.4 is 5.32 Å². The number of carbonyl (C=O) groups is 1. The first-order chi connectivity index (χ1) is 7.56. The number of amides is 1. The Morgan fingerprint density at radius 2 is 2.38 bits per heavy atom. The molecular formula is C9H9Cl2N3OS. The van der Waals surface area contributed by atoms with E-state index in [-0.39, 0.29) is 22.0 Å². The Morgan fingerprint density at radius 3 is 2.88 bits per heavy atom. The van der Waals surface area contributed by atoms with E-state index in [4.69, 9.17) is 28.5 Å². The van der Waals surface area contributed by atoms with Gasteiger partial charge in [-0.1, -0.05) is 30.1 Å². The first-order valence-corrected chi connectivity index (χ1v) is 6.05. The number of nitrogens with zero attached hydrogens (tertiary/aromatic N) is 2. The summed E-state index contributed by atoms with van der Waals surface area (Å²) in [5.41, 5.74) is 0. The molecule has 0 fully saturated rings. The van der Waals surface area contributed by atoms with Gasteiger partial charge in [-0.15, -0.1) is 0 Å². The van der Waals surface area contributed by atoms with Gasteiger partial charge in [0.2, 0.25) is 0 Å². The molecule has 0 aliphatic rings. The van der Waals surface area contributed by atoms with E-state index >= 15 is 0 Å². The Kier molecular flexibility index (Phi) is 5.00. The number of halogens is 2. The Morgan fingerprint density at radius 1 is 1.69 bits per heavy atom. The summed E-state index contributed by atoms with van der Waals surface area (Å²) in [6.07, 6.45) is 0.400. The van der Waals surface area contributed by atoms with Gasteiger partial charge in [-0.3, -0.25) is 4.79 Å². The van der Waals surface area contributed by atoms with Crippen molar-refractivity contribution in [3.05, 3.63) is 15.1 Å². The lowest BCUT2D eigenvalue weighted by atomic mass is 10.1. The van der Waals surface area contributed by atoms with E-state index in [0.29, 0.717) is 17.8 Å². The van der Waals surface area contributed by atoms with Crippen LogP contribution in [0.3, 0.4) is 0 Å². The normalized spacial score (nSPS) is 11.9. The highest BCUT2D eigenvalue weighted by atomic mass is 35.5. The molecule has 86 valence electrons. The fraction of sp³-hybridized carbons (Fsp3) is 0.444. The second-order valence-electron chi connectivity index (χ2n) is 3.29. The molecule has 0 saturated heterocycles. The molecule has 0 aromatic carbocycles. The number of nitrogens with one attached hydrogen (secondary N) is 1. The Bertz CT molecular complexity index is 427. The molecule has 0 aliphatic carbocycles. The van der Waals surface area contributed by atoms with E-state index in [1.807, 2.05) is 13.0 Å². The topological polar surface area (TPSA) is 65.8 Å². The van der Waals surface area contributed by atoms with Gasteiger partial charge in [0.05, 0.1) is 6.07 Å². The number of rotatable bonds is 4. The first-order valence-electron chi connectivity index (χ1n) is 4.52. The molecule has 0 radical (unpaired) electrons. The van der Waals surface area contributed by atoms with Crippen LogP contribution in [0.4, 0.5) is 0 Å². The third kappa shape index (κ3) is 3.34. The molecule has 1 aromatic heterocycles. The maximum absolute atomic E-state index is 11.6. The smallest absolute Gasteiger partial charge is 0.264 e. The van der Waals surface area contributed by atoms with E-state index in [9.17, 15) is 4.79 Å². The van der Waals surface area contributed by atoms with Gasteiger partial charge in [-0.2, -0.15) is 9.64 Å². The van der Waals surface area contributed by atoms with Gasteiger partial charge in [0.1, 0.15) is 9.90 Å². The summed E-state index contributed by atoms with van der Waals surface area (Å²) in [4.78, 5) is 11.9. The average molecular weight is 278 g/mol. The highest BCUT2D eigenvalue weighted by Crippen LogP contribution is 2.28. The van der Waals surface area contributed by atoms with Crippen molar-refractivity contribution in [3.8, 4) is 6.07 Å². The van der Waals surface area contributed by atoms with Crippen LogP contribution in [-0.2, 0) is 0 Å². The predicted molar refractivity (Wildman–Crippen MR) is 63.9 cm³/mol. The minimum Gasteiger partial charge on any atom is -0.351 e. The SMILES string of the molecule is CC(CC#N)CNC(=O)c1snc(Cl)c1Cl. The third-order valence-corrected chi connectivity index (χ3v) is 3.65. The molecule has 4 nitrogen and oxygen atoms in total. The summed E-state index contributed by atoms with van der Waals surface area (Å²) >= 11 is 12.4. The van der Waals surface area contributed by atoms with Gasteiger partial charge in [-0.25, -0.2) is 0 Å². The minimum atomic E-state index is -0.306. The zero-order valence-electron chi connectivity index (χ0n) is 8.46. The molecular weight excluding hydrogens is 269 g/mol. The number of carbonyl (C=O) groups excluding carboxylic acids is 1. The molecule has 1 heterocycles. The van der Waals surface area contributed by atoms with Crippen molar-refractivity contribution in [2.45, 2.75) is 13.3 Å². The maximum atomic E-state index is 11.6. The highest BCUT2D eigenvalue weighted by Gasteiger charge is 2.17. The molecule has 1 aromatic rings. The van der Waals surface area contributed by atoms with Crippen LogP contribution in [-0.4, -0.2) is 16.8 Å². The van der Waals surface area contributed by atoms with Crippen molar-refractivity contribution < 1.29 is 4.79 Å². The fourth-order valence-corrected chi connectivity index (χ4v) is 2.11. The number of hydrogen-bond acceptors (Lipinski definition) is 4. The van der Waals surface area contributed by atoms with Gasteiger partial charge in [0, 0.05) is 13.0 Å². The lowest BCUT2D eigenvalue weighted by Crippen LogP contribution is -2.27. The molecule has 1 N–H and O–H groups in total. The lowest BCUT2D eigenvalue weighted by molar-refractivity contribution is 0.0952. The summed E-state index contributed by atoms with van der Waals surface area (Å²) < 4.78 is 3.76. The summed E-state index contributed by atoms with van der Waals surface area (Å²) in [6, 6.07) is 2.04. The summed E-state index contributed by atoms with van der Waals surface area (Å²) in [6.45, 7) is 2.31. The lowest BCUT2D eigenvalue weighted by Gasteiger charge is -2.07. The fourth-order valence-electron chi connectivity index (χ4n) is 0.976. The second-order valence-corrected chi connectivity index (χ2v) is 4.80. The summed E-state index contributed by atoms with van der Waals surface area (Å²) in [5, 5.41) is 11.5.